The second-order valence-corrected chi connectivity index (χ2v) is 8.31. The zero-order chi connectivity index (χ0) is 22.7. The van der Waals surface area contributed by atoms with Crippen molar-refractivity contribution in [1.82, 2.24) is 4.90 Å². The predicted octanol–water partition coefficient (Wildman–Crippen LogP) is 4.95. The van der Waals surface area contributed by atoms with E-state index in [0.29, 0.717) is 17.7 Å². The highest BCUT2D eigenvalue weighted by Crippen LogP contribution is 2.40. The Hall–Kier alpha value is -2.95. The molecule has 31 heavy (non-hydrogen) atoms. The summed E-state index contributed by atoms with van der Waals surface area (Å²) in [5, 5.41) is 0. The van der Waals surface area contributed by atoms with Crippen molar-refractivity contribution in [2.24, 2.45) is 5.92 Å². The van der Waals surface area contributed by atoms with Crippen LogP contribution in [0.15, 0.2) is 41.6 Å². The number of hydrogen-bond acceptors (Lipinski definition) is 4. The molecule has 1 amide bonds. The maximum absolute atomic E-state index is 13.6. The number of allylic oxidation sites excluding steroid dienone is 4. The first-order valence-electron chi connectivity index (χ1n) is 11.0. The van der Waals surface area contributed by atoms with Crippen molar-refractivity contribution in [3.8, 4) is 0 Å². The first kappa shape index (κ1) is 22.7. The van der Waals surface area contributed by atoms with Crippen molar-refractivity contribution >= 4 is 23.4 Å². The van der Waals surface area contributed by atoms with Crippen LogP contribution < -0.4 is 0 Å². The molecule has 0 fully saturated rings. The number of benzene rings is 1. The van der Waals surface area contributed by atoms with Gasteiger partial charge in [-0.1, -0.05) is 30.7 Å². The van der Waals surface area contributed by atoms with Crippen LogP contribution in [0.5, 0.6) is 0 Å². The summed E-state index contributed by atoms with van der Waals surface area (Å²) in [6.07, 6.45) is 7.05. The SMILES string of the molecule is CCCC(=O)C1=C2C=CC=C(c3c(C)cc(C)cc3C)N2C(=O)C(CC(=O)OCC)C1. The Morgan fingerprint density at radius 2 is 1.81 bits per heavy atom. The Bertz CT molecular complexity index is 989. The molecule has 2 heterocycles. The molecule has 2 aliphatic rings. The fourth-order valence-corrected chi connectivity index (χ4v) is 4.60. The molecule has 0 saturated carbocycles. The first-order chi connectivity index (χ1) is 14.8. The van der Waals surface area contributed by atoms with Crippen molar-refractivity contribution in [2.75, 3.05) is 6.61 Å². The summed E-state index contributed by atoms with van der Waals surface area (Å²) in [6, 6.07) is 4.19. The molecule has 1 unspecified atom stereocenters. The fourth-order valence-electron chi connectivity index (χ4n) is 4.60. The van der Waals surface area contributed by atoms with Crippen LogP contribution in [-0.4, -0.2) is 29.2 Å². The van der Waals surface area contributed by atoms with Crippen LogP contribution >= 0.6 is 0 Å². The van der Waals surface area contributed by atoms with E-state index in [1.807, 2.05) is 45.9 Å². The van der Waals surface area contributed by atoms with Gasteiger partial charge in [0.2, 0.25) is 5.91 Å². The fraction of sp³-hybridized carbons (Fsp3) is 0.423. The van der Waals surface area contributed by atoms with Crippen molar-refractivity contribution < 1.29 is 19.1 Å². The number of rotatable bonds is 7. The predicted molar refractivity (Wildman–Crippen MR) is 121 cm³/mol. The molecule has 164 valence electrons. The van der Waals surface area contributed by atoms with Gasteiger partial charge in [-0.2, -0.15) is 0 Å². The minimum Gasteiger partial charge on any atom is -0.466 e. The molecular weight excluding hydrogens is 390 g/mol. The van der Waals surface area contributed by atoms with Crippen molar-refractivity contribution in [1.29, 1.82) is 0 Å². The van der Waals surface area contributed by atoms with Gasteiger partial charge in [-0.05, 0) is 63.8 Å². The Morgan fingerprint density at radius 3 is 2.42 bits per heavy atom. The second kappa shape index (κ2) is 9.46. The van der Waals surface area contributed by atoms with E-state index in [2.05, 4.69) is 12.1 Å². The van der Waals surface area contributed by atoms with Crippen LogP contribution in [0.1, 0.15) is 61.8 Å². The number of esters is 1. The number of carbonyl (C=O) groups excluding carboxylic acids is 3. The molecule has 5 nitrogen and oxygen atoms in total. The molecule has 0 bridgehead atoms. The van der Waals surface area contributed by atoms with Gasteiger partial charge < -0.3 is 4.74 Å². The van der Waals surface area contributed by atoms with Gasteiger partial charge in [0.25, 0.3) is 0 Å². The molecule has 3 rings (SSSR count). The number of ketones is 1. The minimum absolute atomic E-state index is 0.0256. The number of fused-ring (bicyclic) bond motifs is 1. The molecule has 0 aliphatic carbocycles. The summed E-state index contributed by atoms with van der Waals surface area (Å²) in [7, 11) is 0. The summed E-state index contributed by atoms with van der Waals surface area (Å²) in [5.74, 6) is -1.15. The van der Waals surface area contributed by atoms with Gasteiger partial charge in [-0.25, -0.2) is 0 Å². The molecule has 1 atom stereocenters. The van der Waals surface area contributed by atoms with Gasteiger partial charge in [-0.3, -0.25) is 19.3 Å². The van der Waals surface area contributed by atoms with Crippen LogP contribution in [0.3, 0.4) is 0 Å². The third-order valence-electron chi connectivity index (χ3n) is 5.78. The lowest BCUT2D eigenvalue weighted by molar-refractivity contribution is -0.147. The third kappa shape index (κ3) is 4.55. The van der Waals surface area contributed by atoms with Crippen LogP contribution in [0.4, 0.5) is 0 Å². The van der Waals surface area contributed by atoms with Gasteiger partial charge in [0, 0.05) is 17.6 Å². The lowest BCUT2D eigenvalue weighted by Gasteiger charge is -2.38. The van der Waals surface area contributed by atoms with Gasteiger partial charge in [0.15, 0.2) is 5.78 Å². The number of amides is 1. The smallest absolute Gasteiger partial charge is 0.306 e. The van der Waals surface area contributed by atoms with Crippen LogP contribution in [-0.2, 0) is 19.1 Å². The zero-order valence-electron chi connectivity index (χ0n) is 19.1. The second-order valence-electron chi connectivity index (χ2n) is 8.31. The summed E-state index contributed by atoms with van der Waals surface area (Å²) < 4.78 is 5.10. The number of Topliss-reactive ketones (excluding diaryl/α,β-unsaturated/α-hetero) is 1. The van der Waals surface area contributed by atoms with Gasteiger partial charge in [-0.15, -0.1) is 0 Å². The van der Waals surface area contributed by atoms with Crippen LogP contribution in [0.2, 0.25) is 0 Å². The van der Waals surface area contributed by atoms with Gasteiger partial charge in [0.05, 0.1) is 30.3 Å². The molecular formula is C26H31NO4. The Kier molecular flexibility index (Phi) is 6.94. The monoisotopic (exact) mass is 421 g/mol. The number of aryl methyl sites for hydroxylation is 3. The largest absolute Gasteiger partial charge is 0.466 e. The van der Waals surface area contributed by atoms with Crippen LogP contribution in [0.25, 0.3) is 5.70 Å². The third-order valence-corrected chi connectivity index (χ3v) is 5.78. The van der Waals surface area contributed by atoms with E-state index in [1.54, 1.807) is 11.8 Å². The molecule has 0 N–H and O–H groups in total. The van der Waals surface area contributed by atoms with E-state index >= 15 is 0 Å². The Labute approximate surface area is 184 Å². The van der Waals surface area contributed by atoms with Crippen molar-refractivity contribution in [2.45, 2.75) is 60.3 Å². The maximum atomic E-state index is 13.6. The highest BCUT2D eigenvalue weighted by atomic mass is 16.5. The summed E-state index contributed by atoms with van der Waals surface area (Å²) in [4.78, 5) is 40.4. The molecule has 2 aliphatic heterocycles. The average molecular weight is 422 g/mol. The zero-order valence-corrected chi connectivity index (χ0v) is 19.1. The number of hydrogen-bond donors (Lipinski definition) is 0. The first-order valence-corrected chi connectivity index (χ1v) is 11.0. The highest BCUT2D eigenvalue weighted by molar-refractivity contribution is 6.03. The van der Waals surface area contributed by atoms with Gasteiger partial charge >= 0.3 is 5.97 Å². The van der Waals surface area contributed by atoms with Crippen molar-refractivity contribution in [3.05, 3.63) is 63.9 Å². The van der Waals surface area contributed by atoms with E-state index in [-0.39, 0.29) is 31.1 Å². The topological polar surface area (TPSA) is 63.7 Å². The quantitative estimate of drug-likeness (QED) is 0.585. The minimum atomic E-state index is -0.612. The Morgan fingerprint density at radius 1 is 1.13 bits per heavy atom. The number of ether oxygens (including phenoxy) is 1. The molecule has 0 spiro atoms. The molecule has 0 aromatic heterocycles. The van der Waals surface area contributed by atoms with E-state index in [4.69, 9.17) is 4.74 Å². The average Bonchev–Trinajstić information content (AvgIpc) is 2.69. The Balaban J connectivity index is 2.12. The summed E-state index contributed by atoms with van der Waals surface area (Å²) >= 11 is 0. The standard InChI is InChI=1S/C26H31NO4/c1-6-9-23(28)20-14-19(15-24(29)31-7-2)26(30)27-21(20)10-8-11-22(27)25-17(4)12-16(3)13-18(25)5/h8,10-13,19H,6-7,9,14-15H2,1-5H3. The van der Waals surface area contributed by atoms with Crippen molar-refractivity contribution in [3.63, 3.8) is 0 Å². The summed E-state index contributed by atoms with van der Waals surface area (Å²) in [6.45, 7) is 10.1. The lowest BCUT2D eigenvalue weighted by Crippen LogP contribution is -2.41. The normalized spacial score (nSPS) is 18.1. The van der Waals surface area contributed by atoms with Gasteiger partial charge in [0.1, 0.15) is 0 Å². The molecule has 1 aromatic carbocycles. The lowest BCUT2D eigenvalue weighted by atomic mass is 9.83. The number of nitrogens with zero attached hydrogens (tertiary/aromatic N) is 1. The highest BCUT2D eigenvalue weighted by Gasteiger charge is 2.40. The number of carbonyl (C=O) groups is 3. The van der Waals surface area contributed by atoms with E-state index < -0.39 is 11.9 Å². The molecule has 0 radical (unpaired) electrons. The van der Waals surface area contributed by atoms with E-state index in [9.17, 15) is 14.4 Å². The van der Waals surface area contributed by atoms with E-state index in [0.717, 1.165) is 34.4 Å². The maximum Gasteiger partial charge on any atom is 0.306 e. The molecule has 1 aromatic rings. The molecule has 0 saturated heterocycles. The summed E-state index contributed by atoms with van der Waals surface area (Å²) in [5.41, 5.74) is 6.30. The van der Waals surface area contributed by atoms with E-state index in [1.165, 1.54) is 0 Å². The van der Waals surface area contributed by atoms with Crippen LogP contribution in [0, 0.1) is 26.7 Å². The molecule has 5 heteroatoms.